The molecular formula is C27H29Cl2FN2O2. The van der Waals surface area contributed by atoms with Gasteiger partial charge in [-0.15, -0.1) is 0 Å². The van der Waals surface area contributed by atoms with Crippen LogP contribution in [0.2, 0.25) is 10.0 Å². The predicted molar refractivity (Wildman–Crippen MR) is 134 cm³/mol. The standard InChI is InChI=1S/C27H29Cl2FN2O2/c28-20-5-12-26-19(13-20)4-9-22(32-26)8-3-18-1-6-21(7-2-18)31-15-27(16-33-17-27)34-23-10-11-24(29)25(30)14-23/h4-5,9-14,18,21,31H,1-3,6-8,15-17H2. The van der Waals surface area contributed by atoms with Gasteiger partial charge in [0.05, 0.1) is 23.8 Å². The van der Waals surface area contributed by atoms with Crippen LogP contribution in [0.25, 0.3) is 10.9 Å². The summed E-state index contributed by atoms with van der Waals surface area (Å²) in [7, 11) is 0. The largest absolute Gasteiger partial charge is 0.481 e. The molecule has 2 fully saturated rings. The zero-order valence-corrected chi connectivity index (χ0v) is 20.5. The Morgan fingerprint density at radius 1 is 1.03 bits per heavy atom. The van der Waals surface area contributed by atoms with E-state index in [0.717, 1.165) is 46.8 Å². The summed E-state index contributed by atoms with van der Waals surface area (Å²) in [5.41, 5.74) is 1.72. The van der Waals surface area contributed by atoms with Crippen molar-refractivity contribution in [3.05, 3.63) is 70.1 Å². The molecule has 2 heterocycles. The Balaban J connectivity index is 1.07. The molecule has 0 amide bonds. The lowest BCUT2D eigenvalue weighted by Crippen LogP contribution is -2.61. The van der Waals surface area contributed by atoms with Crippen molar-refractivity contribution in [1.82, 2.24) is 10.3 Å². The summed E-state index contributed by atoms with van der Waals surface area (Å²) in [6, 6.07) is 15.1. The lowest BCUT2D eigenvalue weighted by Gasteiger charge is -2.43. The Bertz CT molecular complexity index is 1150. The molecular weight excluding hydrogens is 474 g/mol. The van der Waals surface area contributed by atoms with Gasteiger partial charge in [0.1, 0.15) is 11.6 Å². The molecule has 2 aromatic carbocycles. The number of hydrogen-bond donors (Lipinski definition) is 1. The summed E-state index contributed by atoms with van der Waals surface area (Å²) in [6.07, 6.45) is 6.91. The van der Waals surface area contributed by atoms with Gasteiger partial charge in [-0.05, 0) is 80.8 Å². The number of ether oxygens (including phenoxy) is 2. The number of aromatic nitrogens is 1. The highest BCUT2D eigenvalue weighted by Gasteiger charge is 2.41. The first-order chi connectivity index (χ1) is 16.5. The van der Waals surface area contributed by atoms with Crippen molar-refractivity contribution in [3.63, 3.8) is 0 Å². The Morgan fingerprint density at radius 2 is 1.85 bits per heavy atom. The molecule has 1 aromatic heterocycles. The van der Waals surface area contributed by atoms with E-state index in [9.17, 15) is 4.39 Å². The van der Waals surface area contributed by atoms with Crippen molar-refractivity contribution >= 4 is 34.1 Å². The molecule has 0 spiro atoms. The summed E-state index contributed by atoms with van der Waals surface area (Å²) in [4.78, 5) is 4.81. The van der Waals surface area contributed by atoms with E-state index in [1.165, 1.54) is 31.4 Å². The third-order valence-electron chi connectivity index (χ3n) is 7.03. The molecule has 5 rings (SSSR count). The fourth-order valence-corrected chi connectivity index (χ4v) is 5.23. The highest BCUT2D eigenvalue weighted by atomic mass is 35.5. The van der Waals surface area contributed by atoms with E-state index in [0.29, 0.717) is 31.5 Å². The Kier molecular flexibility index (Phi) is 7.26. The molecule has 0 radical (unpaired) electrons. The second-order valence-electron chi connectivity index (χ2n) is 9.63. The van der Waals surface area contributed by atoms with Crippen LogP contribution in [0, 0.1) is 11.7 Å². The molecule has 0 bridgehead atoms. The molecule has 34 heavy (non-hydrogen) atoms. The van der Waals surface area contributed by atoms with Crippen molar-refractivity contribution < 1.29 is 13.9 Å². The van der Waals surface area contributed by atoms with Gasteiger partial charge in [-0.1, -0.05) is 29.3 Å². The SMILES string of the molecule is Fc1cc(OC2(CNC3CCC(CCc4ccc5cc(Cl)ccc5n4)CC3)COC2)ccc1Cl. The molecule has 1 N–H and O–H groups in total. The van der Waals surface area contributed by atoms with E-state index in [2.05, 4.69) is 17.4 Å². The number of nitrogens with zero attached hydrogens (tertiary/aromatic N) is 1. The summed E-state index contributed by atoms with van der Waals surface area (Å²) in [5, 5.41) is 5.61. The van der Waals surface area contributed by atoms with Gasteiger partial charge in [0.15, 0.2) is 5.60 Å². The quantitative estimate of drug-likeness (QED) is 0.376. The first-order valence-electron chi connectivity index (χ1n) is 12.0. The number of nitrogens with one attached hydrogen (secondary N) is 1. The molecule has 4 nitrogen and oxygen atoms in total. The van der Waals surface area contributed by atoms with Crippen molar-refractivity contribution in [2.45, 2.75) is 50.2 Å². The van der Waals surface area contributed by atoms with E-state index < -0.39 is 11.4 Å². The van der Waals surface area contributed by atoms with Gasteiger partial charge in [0, 0.05) is 34.8 Å². The van der Waals surface area contributed by atoms with E-state index in [4.69, 9.17) is 37.7 Å². The molecule has 7 heteroatoms. The van der Waals surface area contributed by atoms with Crippen LogP contribution in [-0.4, -0.2) is 36.4 Å². The number of hydrogen-bond acceptors (Lipinski definition) is 4. The lowest BCUT2D eigenvalue weighted by atomic mass is 9.83. The minimum Gasteiger partial charge on any atom is -0.481 e. The second kappa shape index (κ2) is 10.4. The van der Waals surface area contributed by atoms with Gasteiger partial charge >= 0.3 is 0 Å². The van der Waals surface area contributed by atoms with E-state index in [1.54, 1.807) is 6.07 Å². The normalized spacial score (nSPS) is 21.9. The Labute approximate surface area is 209 Å². The van der Waals surface area contributed by atoms with Crippen molar-refractivity contribution in [2.24, 2.45) is 5.92 Å². The average molecular weight is 503 g/mol. The minimum absolute atomic E-state index is 0.0995. The maximum atomic E-state index is 13.8. The number of aryl methyl sites for hydroxylation is 1. The van der Waals surface area contributed by atoms with Gasteiger partial charge < -0.3 is 14.8 Å². The van der Waals surface area contributed by atoms with Crippen molar-refractivity contribution in [2.75, 3.05) is 19.8 Å². The third kappa shape index (κ3) is 5.65. The van der Waals surface area contributed by atoms with Gasteiger partial charge in [0.25, 0.3) is 0 Å². The summed E-state index contributed by atoms with van der Waals surface area (Å²) in [5.74, 6) is 0.750. The van der Waals surface area contributed by atoms with E-state index in [-0.39, 0.29) is 5.02 Å². The maximum Gasteiger partial charge on any atom is 0.167 e. The fourth-order valence-electron chi connectivity index (χ4n) is 4.93. The maximum absolute atomic E-state index is 13.8. The number of benzene rings is 2. The molecule has 2 aliphatic rings. The highest BCUT2D eigenvalue weighted by molar-refractivity contribution is 6.31. The van der Waals surface area contributed by atoms with Gasteiger partial charge in [-0.25, -0.2) is 4.39 Å². The summed E-state index contributed by atoms with van der Waals surface area (Å²) in [6.45, 7) is 1.70. The highest BCUT2D eigenvalue weighted by Crippen LogP contribution is 2.31. The number of halogens is 3. The van der Waals surface area contributed by atoms with Gasteiger partial charge in [-0.3, -0.25) is 4.98 Å². The van der Waals surface area contributed by atoms with Crippen LogP contribution in [0.4, 0.5) is 4.39 Å². The van der Waals surface area contributed by atoms with Crippen LogP contribution in [0.3, 0.4) is 0 Å². The lowest BCUT2D eigenvalue weighted by molar-refractivity contribution is -0.159. The first-order valence-corrected chi connectivity index (χ1v) is 12.7. The molecule has 0 atom stereocenters. The molecule has 3 aromatic rings. The third-order valence-corrected chi connectivity index (χ3v) is 7.57. The number of rotatable bonds is 8. The monoisotopic (exact) mass is 502 g/mol. The second-order valence-corrected chi connectivity index (χ2v) is 10.5. The van der Waals surface area contributed by atoms with E-state index >= 15 is 0 Å². The summed E-state index contributed by atoms with van der Waals surface area (Å²) < 4.78 is 25.3. The number of pyridine rings is 1. The molecule has 0 unspecified atom stereocenters. The zero-order valence-electron chi connectivity index (χ0n) is 19.0. The van der Waals surface area contributed by atoms with Gasteiger partial charge in [0.2, 0.25) is 0 Å². The van der Waals surface area contributed by atoms with Crippen LogP contribution in [-0.2, 0) is 11.2 Å². The van der Waals surface area contributed by atoms with E-state index in [1.807, 2.05) is 18.2 Å². The average Bonchev–Trinajstić information content (AvgIpc) is 2.82. The van der Waals surface area contributed by atoms with Crippen LogP contribution in [0.5, 0.6) is 5.75 Å². The van der Waals surface area contributed by atoms with Crippen molar-refractivity contribution in [3.8, 4) is 5.75 Å². The van der Waals surface area contributed by atoms with Crippen LogP contribution >= 0.6 is 23.2 Å². The molecule has 1 saturated heterocycles. The van der Waals surface area contributed by atoms with Gasteiger partial charge in [-0.2, -0.15) is 0 Å². The molecule has 180 valence electrons. The molecule has 1 saturated carbocycles. The Hall–Kier alpha value is -1.92. The first kappa shape index (κ1) is 23.8. The van der Waals surface area contributed by atoms with Crippen LogP contribution in [0.1, 0.15) is 37.8 Å². The minimum atomic E-state index is -0.468. The van der Waals surface area contributed by atoms with Crippen LogP contribution in [0.15, 0.2) is 48.5 Å². The molecule has 1 aliphatic carbocycles. The Morgan fingerprint density at radius 3 is 2.59 bits per heavy atom. The molecule has 1 aliphatic heterocycles. The topological polar surface area (TPSA) is 43.4 Å². The zero-order chi connectivity index (χ0) is 23.5. The summed E-state index contributed by atoms with van der Waals surface area (Å²) >= 11 is 11.9. The predicted octanol–water partition coefficient (Wildman–Crippen LogP) is 6.61. The fraction of sp³-hybridized carbons (Fsp3) is 0.444. The van der Waals surface area contributed by atoms with Crippen molar-refractivity contribution in [1.29, 1.82) is 0 Å². The smallest absolute Gasteiger partial charge is 0.167 e. The number of fused-ring (bicyclic) bond motifs is 1. The van der Waals surface area contributed by atoms with Crippen LogP contribution < -0.4 is 10.1 Å².